The second-order valence-electron chi connectivity index (χ2n) is 8.96. The number of carboxylic acids is 1. The SMILES string of the molecule is CCCCCCCCCCCCCCC(O)C(=O)NC(CCC(=O)O)CC(C)C. The number of amides is 1. The summed E-state index contributed by atoms with van der Waals surface area (Å²) in [6.45, 7) is 6.34. The molecule has 2 unspecified atom stereocenters. The molecule has 0 saturated heterocycles. The van der Waals surface area contributed by atoms with Gasteiger partial charge in [0.25, 0.3) is 0 Å². The number of aliphatic hydroxyl groups is 1. The highest BCUT2D eigenvalue weighted by atomic mass is 16.4. The first kappa shape index (κ1) is 27.9. The number of aliphatic carboxylic acids is 1. The maximum atomic E-state index is 12.2. The molecule has 0 aromatic carbocycles. The lowest BCUT2D eigenvalue weighted by Gasteiger charge is -2.21. The summed E-state index contributed by atoms with van der Waals surface area (Å²) in [5.74, 6) is -0.850. The Balaban J connectivity index is 3.77. The summed E-state index contributed by atoms with van der Waals surface area (Å²) in [5.41, 5.74) is 0. The van der Waals surface area contributed by atoms with Crippen molar-refractivity contribution in [3.63, 3.8) is 0 Å². The van der Waals surface area contributed by atoms with E-state index in [4.69, 9.17) is 5.11 Å². The first-order valence-electron chi connectivity index (χ1n) is 12.1. The van der Waals surface area contributed by atoms with Crippen molar-refractivity contribution < 1.29 is 19.8 Å². The fourth-order valence-corrected chi connectivity index (χ4v) is 3.72. The molecule has 0 fully saturated rings. The van der Waals surface area contributed by atoms with Crippen LogP contribution >= 0.6 is 0 Å². The molecular formula is C24H47NO4. The molecule has 0 aliphatic heterocycles. The fraction of sp³-hybridized carbons (Fsp3) is 0.917. The van der Waals surface area contributed by atoms with Crippen LogP contribution in [0.5, 0.6) is 0 Å². The van der Waals surface area contributed by atoms with E-state index < -0.39 is 12.1 Å². The maximum Gasteiger partial charge on any atom is 0.303 e. The molecule has 0 rings (SSSR count). The lowest BCUT2D eigenvalue weighted by Crippen LogP contribution is -2.42. The number of hydrogen-bond acceptors (Lipinski definition) is 3. The molecular weight excluding hydrogens is 366 g/mol. The van der Waals surface area contributed by atoms with Crippen LogP contribution in [0.1, 0.15) is 124 Å². The van der Waals surface area contributed by atoms with Crippen molar-refractivity contribution in [3.8, 4) is 0 Å². The zero-order valence-corrected chi connectivity index (χ0v) is 19.3. The van der Waals surface area contributed by atoms with Crippen molar-refractivity contribution in [2.24, 2.45) is 5.92 Å². The highest BCUT2D eigenvalue weighted by Crippen LogP contribution is 2.14. The Hall–Kier alpha value is -1.10. The quantitative estimate of drug-likeness (QED) is 0.219. The van der Waals surface area contributed by atoms with Gasteiger partial charge in [-0.3, -0.25) is 9.59 Å². The number of carbonyl (C=O) groups is 2. The number of aliphatic hydroxyl groups excluding tert-OH is 1. The normalized spacial score (nSPS) is 13.4. The van der Waals surface area contributed by atoms with E-state index in [1.165, 1.54) is 64.2 Å². The Bertz CT molecular complexity index is 412. The van der Waals surface area contributed by atoms with Gasteiger partial charge in [-0.2, -0.15) is 0 Å². The van der Waals surface area contributed by atoms with Crippen molar-refractivity contribution in [1.82, 2.24) is 5.32 Å². The molecule has 0 spiro atoms. The maximum absolute atomic E-state index is 12.2. The molecule has 172 valence electrons. The average Bonchev–Trinajstić information content (AvgIpc) is 2.66. The Morgan fingerprint density at radius 1 is 0.793 bits per heavy atom. The van der Waals surface area contributed by atoms with Crippen molar-refractivity contribution >= 4 is 11.9 Å². The largest absolute Gasteiger partial charge is 0.481 e. The van der Waals surface area contributed by atoms with E-state index in [9.17, 15) is 14.7 Å². The van der Waals surface area contributed by atoms with Gasteiger partial charge in [-0.15, -0.1) is 0 Å². The van der Waals surface area contributed by atoms with Crippen LogP contribution in [-0.2, 0) is 9.59 Å². The molecule has 2 atom stereocenters. The zero-order valence-electron chi connectivity index (χ0n) is 19.3. The first-order chi connectivity index (χ1) is 13.9. The summed E-state index contributed by atoms with van der Waals surface area (Å²) in [6, 6.07) is -0.185. The predicted octanol–water partition coefficient (Wildman–Crippen LogP) is 5.83. The van der Waals surface area contributed by atoms with Crippen LogP contribution in [0.25, 0.3) is 0 Å². The Morgan fingerprint density at radius 2 is 1.28 bits per heavy atom. The van der Waals surface area contributed by atoms with E-state index in [2.05, 4.69) is 12.2 Å². The third-order valence-electron chi connectivity index (χ3n) is 5.44. The molecule has 0 radical (unpaired) electrons. The lowest BCUT2D eigenvalue weighted by molar-refractivity contribution is -0.138. The fourth-order valence-electron chi connectivity index (χ4n) is 3.72. The van der Waals surface area contributed by atoms with Crippen LogP contribution in [0.3, 0.4) is 0 Å². The molecule has 0 aromatic heterocycles. The van der Waals surface area contributed by atoms with Gasteiger partial charge < -0.3 is 15.5 Å². The lowest BCUT2D eigenvalue weighted by atomic mass is 9.99. The molecule has 0 aliphatic carbocycles. The molecule has 5 heteroatoms. The molecule has 0 heterocycles. The topological polar surface area (TPSA) is 86.6 Å². The van der Waals surface area contributed by atoms with Gasteiger partial charge in [-0.25, -0.2) is 0 Å². The summed E-state index contributed by atoms with van der Waals surface area (Å²) >= 11 is 0. The number of nitrogens with one attached hydrogen (secondary N) is 1. The van der Waals surface area contributed by atoms with Crippen molar-refractivity contribution in [1.29, 1.82) is 0 Å². The number of hydrogen-bond donors (Lipinski definition) is 3. The minimum Gasteiger partial charge on any atom is -0.481 e. The van der Waals surface area contributed by atoms with Crippen molar-refractivity contribution in [2.75, 3.05) is 0 Å². The number of carboxylic acid groups (broad SMARTS) is 1. The molecule has 29 heavy (non-hydrogen) atoms. The molecule has 1 amide bonds. The summed E-state index contributed by atoms with van der Waals surface area (Å²) in [5, 5.41) is 21.8. The van der Waals surface area contributed by atoms with Crippen molar-refractivity contribution in [2.45, 2.75) is 136 Å². The van der Waals surface area contributed by atoms with Gasteiger partial charge in [0.05, 0.1) is 0 Å². The Morgan fingerprint density at radius 3 is 1.72 bits per heavy atom. The van der Waals surface area contributed by atoms with E-state index in [1.807, 2.05) is 13.8 Å². The number of unbranched alkanes of at least 4 members (excludes halogenated alkanes) is 11. The Labute approximate surface area is 179 Å². The molecule has 3 N–H and O–H groups in total. The van der Waals surface area contributed by atoms with Crippen LogP contribution in [0.15, 0.2) is 0 Å². The summed E-state index contributed by atoms with van der Waals surface area (Å²) in [6.07, 6.45) is 15.7. The summed E-state index contributed by atoms with van der Waals surface area (Å²) in [4.78, 5) is 23.0. The van der Waals surface area contributed by atoms with Gasteiger partial charge >= 0.3 is 5.97 Å². The highest BCUT2D eigenvalue weighted by molar-refractivity contribution is 5.80. The van der Waals surface area contributed by atoms with Crippen LogP contribution < -0.4 is 5.32 Å². The van der Waals surface area contributed by atoms with Gasteiger partial charge in [-0.05, 0) is 25.2 Å². The van der Waals surface area contributed by atoms with Crippen LogP contribution in [0.2, 0.25) is 0 Å². The monoisotopic (exact) mass is 413 g/mol. The standard InChI is InChI=1S/C24H47NO4/c1-4-5-6-7-8-9-10-11-12-13-14-15-16-22(26)24(29)25-21(19-20(2)3)17-18-23(27)28/h20-22,26H,4-19H2,1-3H3,(H,25,29)(H,27,28). The van der Waals surface area contributed by atoms with E-state index in [0.29, 0.717) is 18.8 Å². The molecule has 0 aliphatic rings. The number of carbonyl (C=O) groups excluding carboxylic acids is 1. The Kier molecular flexibility index (Phi) is 18.2. The summed E-state index contributed by atoms with van der Waals surface area (Å²) in [7, 11) is 0. The van der Waals surface area contributed by atoms with Crippen LogP contribution in [-0.4, -0.2) is 34.2 Å². The van der Waals surface area contributed by atoms with Gasteiger partial charge in [0, 0.05) is 12.5 Å². The van der Waals surface area contributed by atoms with Gasteiger partial charge in [-0.1, -0.05) is 97.8 Å². The van der Waals surface area contributed by atoms with E-state index in [-0.39, 0.29) is 18.4 Å². The minimum atomic E-state index is -0.988. The number of rotatable bonds is 20. The molecule has 0 saturated carbocycles. The van der Waals surface area contributed by atoms with E-state index >= 15 is 0 Å². The van der Waals surface area contributed by atoms with Crippen LogP contribution in [0, 0.1) is 5.92 Å². The molecule has 5 nitrogen and oxygen atoms in total. The van der Waals surface area contributed by atoms with Crippen molar-refractivity contribution in [3.05, 3.63) is 0 Å². The third kappa shape index (κ3) is 18.7. The average molecular weight is 414 g/mol. The van der Waals surface area contributed by atoms with Gasteiger partial charge in [0.1, 0.15) is 6.10 Å². The minimum absolute atomic E-state index is 0.0342. The second-order valence-corrected chi connectivity index (χ2v) is 8.96. The van der Waals surface area contributed by atoms with Crippen LogP contribution in [0.4, 0.5) is 0 Å². The second kappa shape index (κ2) is 18.9. The van der Waals surface area contributed by atoms with E-state index in [0.717, 1.165) is 19.3 Å². The van der Waals surface area contributed by atoms with Gasteiger partial charge in [0.2, 0.25) is 5.91 Å². The highest BCUT2D eigenvalue weighted by Gasteiger charge is 2.20. The molecule has 0 bridgehead atoms. The smallest absolute Gasteiger partial charge is 0.303 e. The zero-order chi connectivity index (χ0) is 21.9. The molecule has 0 aromatic rings. The van der Waals surface area contributed by atoms with E-state index in [1.54, 1.807) is 0 Å². The first-order valence-corrected chi connectivity index (χ1v) is 12.1. The predicted molar refractivity (Wildman–Crippen MR) is 120 cm³/mol. The van der Waals surface area contributed by atoms with Gasteiger partial charge in [0.15, 0.2) is 0 Å². The summed E-state index contributed by atoms with van der Waals surface area (Å²) < 4.78 is 0. The third-order valence-corrected chi connectivity index (χ3v) is 5.44.